The highest BCUT2D eigenvalue weighted by Crippen LogP contribution is 2.17. The molecule has 0 heterocycles. The molecule has 1 aliphatic carbocycles. The molecule has 0 amide bonds. The molecule has 0 aliphatic heterocycles. The van der Waals surface area contributed by atoms with Crippen molar-refractivity contribution in [2.45, 2.75) is 18.9 Å². The molecule has 1 unspecified atom stereocenters. The molecule has 0 saturated heterocycles. The Kier molecular flexibility index (Phi) is 3.25. The Morgan fingerprint density at radius 2 is 2.06 bits per heavy atom. The van der Waals surface area contributed by atoms with E-state index in [0.29, 0.717) is 5.56 Å². The van der Waals surface area contributed by atoms with Crippen LogP contribution in [0.2, 0.25) is 0 Å². The highest BCUT2D eigenvalue weighted by molar-refractivity contribution is 5.89. The molecule has 16 heavy (non-hydrogen) atoms. The molecule has 0 N–H and O–H groups in total. The van der Waals surface area contributed by atoms with Crippen molar-refractivity contribution >= 4 is 5.97 Å². The lowest BCUT2D eigenvalue weighted by Gasteiger charge is -2.10. The van der Waals surface area contributed by atoms with Crippen LogP contribution in [-0.4, -0.2) is 19.2 Å². The van der Waals surface area contributed by atoms with E-state index in [2.05, 4.69) is 0 Å². The van der Waals surface area contributed by atoms with Gasteiger partial charge >= 0.3 is 5.97 Å². The fourth-order valence-electron chi connectivity index (χ4n) is 1.64. The number of benzene rings is 1. The van der Waals surface area contributed by atoms with Crippen LogP contribution in [0, 0.1) is 0 Å². The Bertz CT molecular complexity index is 392. The van der Waals surface area contributed by atoms with Gasteiger partial charge in [0.05, 0.1) is 12.7 Å². The minimum atomic E-state index is -0.279. The van der Waals surface area contributed by atoms with E-state index in [4.69, 9.17) is 9.47 Å². The van der Waals surface area contributed by atoms with Gasteiger partial charge in [-0.2, -0.15) is 0 Å². The summed E-state index contributed by atoms with van der Waals surface area (Å²) in [5.41, 5.74) is 0.557. The molecule has 1 aromatic rings. The Morgan fingerprint density at radius 3 is 2.62 bits per heavy atom. The molecule has 3 heteroatoms. The van der Waals surface area contributed by atoms with Crippen molar-refractivity contribution < 1.29 is 14.3 Å². The average Bonchev–Trinajstić information content (AvgIpc) is 2.82. The van der Waals surface area contributed by atoms with Gasteiger partial charge < -0.3 is 9.47 Å². The molecular weight excluding hydrogens is 204 g/mol. The van der Waals surface area contributed by atoms with Crippen LogP contribution in [-0.2, 0) is 4.74 Å². The van der Waals surface area contributed by atoms with Gasteiger partial charge in [-0.15, -0.1) is 0 Å². The van der Waals surface area contributed by atoms with Gasteiger partial charge in [-0.05, 0) is 43.2 Å². The van der Waals surface area contributed by atoms with Crippen molar-refractivity contribution in [1.29, 1.82) is 0 Å². The second-order valence-electron chi connectivity index (χ2n) is 3.68. The molecule has 0 saturated carbocycles. The summed E-state index contributed by atoms with van der Waals surface area (Å²) in [5, 5.41) is 0. The Morgan fingerprint density at radius 1 is 1.31 bits per heavy atom. The van der Waals surface area contributed by atoms with Crippen LogP contribution in [0.25, 0.3) is 0 Å². The van der Waals surface area contributed by atoms with Gasteiger partial charge in [0.2, 0.25) is 0 Å². The third kappa shape index (κ3) is 2.42. The lowest BCUT2D eigenvalue weighted by atomic mass is 10.2. The van der Waals surface area contributed by atoms with E-state index >= 15 is 0 Å². The van der Waals surface area contributed by atoms with E-state index < -0.39 is 0 Å². The van der Waals surface area contributed by atoms with E-state index in [1.807, 2.05) is 12.2 Å². The summed E-state index contributed by atoms with van der Waals surface area (Å²) in [6.07, 6.45) is 5.78. The molecular formula is C13H14O3. The van der Waals surface area contributed by atoms with Gasteiger partial charge in [-0.3, -0.25) is 0 Å². The number of hydrogen-bond donors (Lipinski definition) is 0. The molecule has 0 bridgehead atoms. The summed E-state index contributed by atoms with van der Waals surface area (Å²) in [7, 11) is 1.59. The summed E-state index contributed by atoms with van der Waals surface area (Å²) in [6, 6.07) is 6.92. The SMILES string of the molecule is COc1ccc(C(=O)OC2C=CCC2)cc1. The molecule has 0 aromatic heterocycles. The van der Waals surface area contributed by atoms with Crippen LogP contribution < -0.4 is 4.74 Å². The summed E-state index contributed by atoms with van der Waals surface area (Å²) >= 11 is 0. The number of hydrogen-bond acceptors (Lipinski definition) is 3. The molecule has 2 rings (SSSR count). The Labute approximate surface area is 94.7 Å². The fourth-order valence-corrected chi connectivity index (χ4v) is 1.64. The van der Waals surface area contributed by atoms with Gasteiger partial charge in [0, 0.05) is 0 Å². The number of rotatable bonds is 3. The van der Waals surface area contributed by atoms with E-state index in [0.717, 1.165) is 18.6 Å². The molecule has 1 aliphatic rings. The first-order valence-corrected chi connectivity index (χ1v) is 5.31. The molecule has 1 aromatic carbocycles. The third-order valence-electron chi connectivity index (χ3n) is 2.55. The summed E-state index contributed by atoms with van der Waals surface area (Å²) in [6.45, 7) is 0. The Hall–Kier alpha value is -1.77. The van der Waals surface area contributed by atoms with Crippen molar-refractivity contribution in [3.63, 3.8) is 0 Å². The van der Waals surface area contributed by atoms with Crippen molar-refractivity contribution in [3.05, 3.63) is 42.0 Å². The zero-order valence-corrected chi connectivity index (χ0v) is 9.18. The third-order valence-corrected chi connectivity index (χ3v) is 2.55. The number of carbonyl (C=O) groups excluding carboxylic acids is 1. The smallest absolute Gasteiger partial charge is 0.338 e. The summed E-state index contributed by atoms with van der Waals surface area (Å²) in [4.78, 5) is 11.7. The van der Waals surface area contributed by atoms with E-state index in [9.17, 15) is 4.79 Å². The van der Waals surface area contributed by atoms with Crippen LogP contribution in [0.15, 0.2) is 36.4 Å². The molecule has 1 atom stereocenters. The largest absolute Gasteiger partial charge is 0.497 e. The van der Waals surface area contributed by atoms with Crippen LogP contribution in [0.3, 0.4) is 0 Å². The van der Waals surface area contributed by atoms with Gasteiger partial charge in [-0.25, -0.2) is 4.79 Å². The summed E-state index contributed by atoms with van der Waals surface area (Å²) < 4.78 is 10.3. The number of ether oxygens (including phenoxy) is 2. The minimum Gasteiger partial charge on any atom is -0.497 e. The topological polar surface area (TPSA) is 35.5 Å². The summed E-state index contributed by atoms with van der Waals surface area (Å²) in [5.74, 6) is 0.455. The monoisotopic (exact) mass is 218 g/mol. The molecule has 0 radical (unpaired) electrons. The average molecular weight is 218 g/mol. The standard InChI is InChI=1S/C13H14O3/c1-15-11-8-6-10(7-9-11)13(14)16-12-4-2-3-5-12/h2,4,6-9,12H,3,5H2,1H3. The number of esters is 1. The molecule has 3 nitrogen and oxygen atoms in total. The maximum atomic E-state index is 11.7. The van der Waals surface area contributed by atoms with Crippen molar-refractivity contribution in [2.24, 2.45) is 0 Å². The van der Waals surface area contributed by atoms with Crippen LogP contribution in [0.4, 0.5) is 0 Å². The first-order valence-electron chi connectivity index (χ1n) is 5.31. The first-order chi connectivity index (χ1) is 7.79. The van der Waals surface area contributed by atoms with Crippen LogP contribution >= 0.6 is 0 Å². The fraction of sp³-hybridized carbons (Fsp3) is 0.308. The predicted octanol–water partition coefficient (Wildman–Crippen LogP) is 2.57. The zero-order chi connectivity index (χ0) is 11.4. The number of carbonyl (C=O) groups is 1. The minimum absolute atomic E-state index is 0.0606. The molecule has 0 spiro atoms. The van der Waals surface area contributed by atoms with E-state index in [-0.39, 0.29) is 12.1 Å². The Balaban J connectivity index is 1.99. The van der Waals surface area contributed by atoms with Crippen LogP contribution in [0.5, 0.6) is 5.75 Å². The van der Waals surface area contributed by atoms with Crippen molar-refractivity contribution in [1.82, 2.24) is 0 Å². The lowest BCUT2D eigenvalue weighted by molar-refractivity contribution is 0.0395. The van der Waals surface area contributed by atoms with E-state index in [1.54, 1.807) is 31.4 Å². The normalized spacial score (nSPS) is 18.4. The quantitative estimate of drug-likeness (QED) is 0.577. The lowest BCUT2D eigenvalue weighted by Crippen LogP contribution is -2.13. The predicted molar refractivity (Wildman–Crippen MR) is 60.6 cm³/mol. The number of allylic oxidation sites excluding steroid dienone is 1. The van der Waals surface area contributed by atoms with Gasteiger partial charge in [0.25, 0.3) is 0 Å². The first kappa shape index (κ1) is 10.7. The highest BCUT2D eigenvalue weighted by atomic mass is 16.5. The molecule has 0 fully saturated rings. The van der Waals surface area contributed by atoms with E-state index in [1.165, 1.54) is 0 Å². The number of methoxy groups -OCH3 is 1. The maximum absolute atomic E-state index is 11.7. The van der Waals surface area contributed by atoms with Gasteiger partial charge in [-0.1, -0.05) is 6.08 Å². The van der Waals surface area contributed by atoms with Crippen LogP contribution in [0.1, 0.15) is 23.2 Å². The second kappa shape index (κ2) is 4.84. The highest BCUT2D eigenvalue weighted by Gasteiger charge is 2.15. The maximum Gasteiger partial charge on any atom is 0.338 e. The molecule has 84 valence electrons. The van der Waals surface area contributed by atoms with Gasteiger partial charge in [0.15, 0.2) is 0 Å². The van der Waals surface area contributed by atoms with Crippen molar-refractivity contribution in [2.75, 3.05) is 7.11 Å². The van der Waals surface area contributed by atoms with Crippen molar-refractivity contribution in [3.8, 4) is 5.75 Å². The second-order valence-corrected chi connectivity index (χ2v) is 3.68. The zero-order valence-electron chi connectivity index (χ0n) is 9.18. The van der Waals surface area contributed by atoms with Gasteiger partial charge in [0.1, 0.15) is 11.9 Å².